The molecule has 2 aromatic rings. The Hall–Kier alpha value is -2.44. The van der Waals surface area contributed by atoms with Gasteiger partial charge in [-0.1, -0.05) is 12.1 Å². The minimum Gasteiger partial charge on any atom is -0.368 e. The predicted octanol–water partition coefficient (Wildman–Crippen LogP) is 3.24. The van der Waals surface area contributed by atoms with E-state index in [2.05, 4.69) is 57.3 Å². The number of carbonyl (C=O) groups excluding carboxylic acids is 1. The summed E-state index contributed by atoms with van der Waals surface area (Å²) in [5.74, 6) is 2.35. The lowest BCUT2D eigenvalue weighted by Crippen LogP contribution is -2.63. The third kappa shape index (κ3) is 3.07. The van der Waals surface area contributed by atoms with Crippen LogP contribution in [0.5, 0.6) is 0 Å². The van der Waals surface area contributed by atoms with Crippen molar-refractivity contribution in [2.45, 2.75) is 64.8 Å². The number of amides is 1. The van der Waals surface area contributed by atoms with E-state index in [1.165, 1.54) is 23.2 Å². The molecule has 0 spiro atoms. The Labute approximate surface area is 190 Å². The Kier molecular flexibility index (Phi) is 4.43. The molecule has 0 radical (unpaired) electrons. The molecule has 1 aromatic carbocycles. The molecule has 5 aliphatic rings. The molecule has 32 heavy (non-hydrogen) atoms. The minimum absolute atomic E-state index is 0.110. The average molecular weight is 435 g/mol. The van der Waals surface area contributed by atoms with Crippen molar-refractivity contribution in [2.24, 2.45) is 17.3 Å². The molecule has 1 saturated heterocycles. The summed E-state index contributed by atoms with van der Waals surface area (Å²) in [6, 6.07) is 6.66. The van der Waals surface area contributed by atoms with E-state index in [0.717, 1.165) is 64.1 Å². The van der Waals surface area contributed by atoms with Crippen LogP contribution in [0.25, 0.3) is 0 Å². The molecule has 4 bridgehead atoms. The van der Waals surface area contributed by atoms with Crippen molar-refractivity contribution in [3.63, 3.8) is 0 Å². The van der Waals surface area contributed by atoms with Crippen molar-refractivity contribution < 1.29 is 4.79 Å². The highest BCUT2D eigenvalue weighted by Gasteiger charge is 2.63. The fourth-order valence-corrected chi connectivity index (χ4v) is 7.73. The van der Waals surface area contributed by atoms with Crippen LogP contribution in [0.1, 0.15) is 55.5 Å². The van der Waals surface area contributed by atoms with Crippen molar-refractivity contribution in [2.75, 3.05) is 31.1 Å². The molecule has 1 amide bonds. The van der Waals surface area contributed by atoms with Crippen molar-refractivity contribution in [3.05, 3.63) is 35.2 Å². The maximum Gasteiger partial charge on any atom is 0.229 e. The van der Waals surface area contributed by atoms with Gasteiger partial charge in [-0.3, -0.25) is 4.79 Å². The molecule has 2 atom stereocenters. The molecule has 2 heterocycles. The number of nitrogens with zero attached hydrogens (tertiary/aromatic N) is 6. The van der Waals surface area contributed by atoms with Gasteiger partial charge in [0.15, 0.2) is 5.82 Å². The smallest absolute Gasteiger partial charge is 0.229 e. The minimum atomic E-state index is -0.229. The van der Waals surface area contributed by atoms with Crippen LogP contribution in [-0.4, -0.2) is 57.2 Å². The van der Waals surface area contributed by atoms with Gasteiger partial charge in [-0.15, -0.1) is 10.2 Å². The van der Waals surface area contributed by atoms with E-state index >= 15 is 0 Å². The van der Waals surface area contributed by atoms with Gasteiger partial charge in [-0.2, -0.15) is 4.80 Å². The molecule has 170 valence electrons. The van der Waals surface area contributed by atoms with Gasteiger partial charge in [-0.25, -0.2) is 0 Å². The number of aromatic nitrogens is 4. The highest BCUT2D eigenvalue weighted by molar-refractivity contribution is 5.84. The van der Waals surface area contributed by atoms with Gasteiger partial charge in [0, 0.05) is 31.9 Å². The monoisotopic (exact) mass is 434 g/mol. The van der Waals surface area contributed by atoms with Gasteiger partial charge < -0.3 is 9.80 Å². The highest BCUT2D eigenvalue weighted by Crippen LogP contribution is 2.64. The molecule has 0 N–H and O–H groups in total. The number of hydrogen-bond acceptors (Lipinski definition) is 5. The van der Waals surface area contributed by atoms with E-state index in [1.807, 2.05) is 11.7 Å². The quantitative estimate of drug-likeness (QED) is 0.742. The zero-order valence-electron chi connectivity index (χ0n) is 19.5. The van der Waals surface area contributed by atoms with Crippen LogP contribution in [0, 0.1) is 38.0 Å². The van der Waals surface area contributed by atoms with E-state index in [4.69, 9.17) is 0 Å². The maximum atomic E-state index is 14.0. The lowest BCUT2D eigenvalue weighted by atomic mass is 9.46. The number of piperazine rings is 1. The van der Waals surface area contributed by atoms with E-state index in [0.29, 0.717) is 17.7 Å². The van der Waals surface area contributed by atoms with E-state index < -0.39 is 0 Å². The first-order valence-electron chi connectivity index (χ1n) is 12.2. The summed E-state index contributed by atoms with van der Waals surface area (Å²) in [5, 5.41) is 13.2. The fraction of sp³-hybridized carbons (Fsp3) is 0.680. The highest BCUT2D eigenvalue weighted by atomic mass is 16.2. The number of hydrogen-bond donors (Lipinski definition) is 0. The van der Waals surface area contributed by atoms with Crippen LogP contribution in [-0.2, 0) is 10.3 Å². The van der Waals surface area contributed by atoms with Crippen molar-refractivity contribution >= 4 is 11.6 Å². The van der Waals surface area contributed by atoms with Gasteiger partial charge in [-0.05, 0) is 93.5 Å². The summed E-state index contributed by atoms with van der Waals surface area (Å²) in [5.41, 5.74) is 3.58. The van der Waals surface area contributed by atoms with Crippen LogP contribution in [0.2, 0.25) is 0 Å². The number of anilines is 1. The lowest BCUT2D eigenvalue weighted by Gasteiger charge is -2.61. The topological polar surface area (TPSA) is 67.2 Å². The second-order valence-electron chi connectivity index (χ2n) is 11.2. The summed E-state index contributed by atoms with van der Waals surface area (Å²) < 4.78 is 0. The lowest BCUT2D eigenvalue weighted by molar-refractivity contribution is -0.168. The normalized spacial score (nSPS) is 33.7. The standard InChI is InChI=1S/C25H34N6O/c1-17-4-5-18(2)22(10-17)29-6-8-30(9-7-29)23(32)24-12-20-11-21(13-24)15-25(14-20,16-24)31-27-19(3)26-28-31/h4-5,10,20-21H,6-9,11-16H2,1-3H3/t20-,21-,24?,25?/m0/s1. The summed E-state index contributed by atoms with van der Waals surface area (Å²) >= 11 is 0. The Bertz CT molecular complexity index is 1040. The first-order valence-corrected chi connectivity index (χ1v) is 12.2. The van der Waals surface area contributed by atoms with E-state index in [9.17, 15) is 4.79 Å². The van der Waals surface area contributed by atoms with E-state index in [-0.39, 0.29) is 11.0 Å². The third-order valence-corrected chi connectivity index (χ3v) is 8.69. The van der Waals surface area contributed by atoms with Gasteiger partial charge >= 0.3 is 0 Å². The molecule has 7 nitrogen and oxygen atoms in total. The summed E-state index contributed by atoms with van der Waals surface area (Å²) in [6.45, 7) is 9.69. The number of rotatable bonds is 3. The van der Waals surface area contributed by atoms with E-state index in [1.54, 1.807) is 0 Å². The zero-order valence-corrected chi connectivity index (χ0v) is 19.5. The maximum absolute atomic E-state index is 14.0. The van der Waals surface area contributed by atoms with Crippen molar-refractivity contribution in [1.29, 1.82) is 0 Å². The first-order chi connectivity index (χ1) is 15.4. The average Bonchev–Trinajstić information content (AvgIpc) is 3.21. The Morgan fingerprint density at radius 1 is 1.00 bits per heavy atom. The van der Waals surface area contributed by atoms with Gasteiger partial charge in [0.1, 0.15) is 0 Å². The summed E-state index contributed by atoms with van der Waals surface area (Å²) in [4.78, 5) is 20.5. The molecule has 5 fully saturated rings. The van der Waals surface area contributed by atoms with Crippen LogP contribution in [0.15, 0.2) is 18.2 Å². The first kappa shape index (κ1) is 20.2. The molecular formula is C25H34N6O. The van der Waals surface area contributed by atoms with Crippen LogP contribution < -0.4 is 4.90 Å². The van der Waals surface area contributed by atoms with Gasteiger partial charge in [0.05, 0.1) is 11.0 Å². The summed E-state index contributed by atoms with van der Waals surface area (Å²) in [7, 11) is 0. The van der Waals surface area contributed by atoms with Crippen molar-refractivity contribution in [1.82, 2.24) is 25.1 Å². The Morgan fingerprint density at radius 2 is 1.72 bits per heavy atom. The second kappa shape index (κ2) is 7.03. The number of tetrazole rings is 1. The SMILES string of the molecule is Cc1ccc(C)c(N2CCN(C(=O)C34C[C@@H]5C[C@@H](C3)CC(n3nnc(C)n3)(C5)C4)CC2)c1. The largest absolute Gasteiger partial charge is 0.368 e. The molecule has 0 unspecified atom stereocenters. The molecule has 4 saturated carbocycles. The van der Waals surface area contributed by atoms with Crippen LogP contribution >= 0.6 is 0 Å². The molecular weight excluding hydrogens is 400 g/mol. The number of benzene rings is 1. The Balaban J connectivity index is 1.22. The summed E-state index contributed by atoms with van der Waals surface area (Å²) in [6.07, 6.45) is 6.47. The number of aryl methyl sites for hydroxylation is 3. The van der Waals surface area contributed by atoms with Gasteiger partial charge in [0.25, 0.3) is 0 Å². The molecule has 4 aliphatic carbocycles. The van der Waals surface area contributed by atoms with Gasteiger partial charge in [0.2, 0.25) is 5.91 Å². The van der Waals surface area contributed by atoms with Crippen LogP contribution in [0.3, 0.4) is 0 Å². The molecule has 1 aliphatic heterocycles. The fourth-order valence-electron chi connectivity index (χ4n) is 7.73. The number of carbonyl (C=O) groups is 1. The molecule has 7 rings (SSSR count). The second-order valence-corrected chi connectivity index (χ2v) is 11.2. The van der Waals surface area contributed by atoms with Crippen LogP contribution in [0.4, 0.5) is 5.69 Å². The zero-order chi connectivity index (χ0) is 22.1. The van der Waals surface area contributed by atoms with Crippen molar-refractivity contribution in [3.8, 4) is 0 Å². The third-order valence-electron chi connectivity index (χ3n) is 8.69. The molecule has 7 heteroatoms. The molecule has 1 aromatic heterocycles. The predicted molar refractivity (Wildman–Crippen MR) is 122 cm³/mol. The Morgan fingerprint density at radius 3 is 2.38 bits per heavy atom.